The maximum atomic E-state index is 4.20. The van der Waals surface area contributed by atoms with Gasteiger partial charge in [0.1, 0.15) is 7.85 Å². The minimum Gasteiger partial charge on any atom is -0.328 e. The summed E-state index contributed by atoms with van der Waals surface area (Å²) in [7, 11) is 2.25. The van der Waals surface area contributed by atoms with E-state index in [1.807, 2.05) is 11.9 Å². The van der Waals surface area contributed by atoms with Crippen molar-refractivity contribution in [3.8, 4) is 0 Å². The fourth-order valence-electron chi connectivity index (χ4n) is 3.26. The molecule has 0 bridgehead atoms. The van der Waals surface area contributed by atoms with Gasteiger partial charge in [0, 0.05) is 11.4 Å². The quantitative estimate of drug-likeness (QED) is 0.160. The number of hydrogen-bond donors (Lipinski definition) is 0. The third-order valence-electron chi connectivity index (χ3n) is 5.52. The van der Waals surface area contributed by atoms with Crippen LogP contribution in [0.3, 0.4) is 0 Å². The number of unbranched alkanes of at least 4 members (excludes halogenated alkanes) is 1. The number of rotatable bonds is 13. The molecule has 0 radical (unpaired) electrons. The lowest BCUT2D eigenvalue weighted by atomic mass is 9.99. The molecule has 0 heterocycles. The molecule has 1 saturated carbocycles. The number of allylic oxidation sites excluding steroid dienone is 4. The molecule has 0 amide bonds. The molecule has 0 spiro atoms. The molecule has 0 N–H and O–H groups in total. The largest absolute Gasteiger partial charge is 0.328 e. The predicted molar refractivity (Wildman–Crippen MR) is 120 cm³/mol. The van der Waals surface area contributed by atoms with Gasteiger partial charge in [-0.3, -0.25) is 0 Å². The van der Waals surface area contributed by atoms with Crippen molar-refractivity contribution in [2.75, 3.05) is 12.2 Å². The molecule has 1 rings (SSSR count). The standard InChI is InChI=1S/C22H40BNS/c1-7-10-17(2)15-25-24(16-23)21(6)19(4)12-9-8-11-18(3)20(5)22-13-14-22/h22H,2,7-16,23H2,1,3-6H3/b20-18-,21-19-. The van der Waals surface area contributed by atoms with E-state index < -0.39 is 0 Å². The van der Waals surface area contributed by atoms with Gasteiger partial charge in [-0.2, -0.15) is 0 Å². The van der Waals surface area contributed by atoms with E-state index in [-0.39, 0.29) is 0 Å². The monoisotopic (exact) mass is 361 g/mol. The minimum atomic E-state index is 0.932. The van der Waals surface area contributed by atoms with Gasteiger partial charge in [0.25, 0.3) is 0 Å². The molecule has 0 aromatic rings. The first kappa shape index (κ1) is 22.5. The van der Waals surface area contributed by atoms with Gasteiger partial charge in [-0.05, 0) is 97.0 Å². The Labute approximate surface area is 162 Å². The SMILES string of the molecule is BCN(SCC(=C)CCC)/C(C)=C(/C)CCCC/C(C)=C(/C)C1CC1. The summed E-state index contributed by atoms with van der Waals surface area (Å²) in [5.41, 5.74) is 7.71. The van der Waals surface area contributed by atoms with Crippen LogP contribution in [0.15, 0.2) is 34.6 Å². The second kappa shape index (κ2) is 11.9. The molecule has 0 aromatic heterocycles. The average Bonchev–Trinajstić information content (AvgIpc) is 3.43. The lowest BCUT2D eigenvalue weighted by molar-refractivity contribution is 0.638. The Bertz CT molecular complexity index is 488. The van der Waals surface area contributed by atoms with Crippen LogP contribution in [-0.2, 0) is 0 Å². The molecule has 1 aliphatic carbocycles. The third kappa shape index (κ3) is 8.58. The van der Waals surface area contributed by atoms with Crippen LogP contribution >= 0.6 is 11.9 Å². The smallest absolute Gasteiger partial charge is 0.128 e. The van der Waals surface area contributed by atoms with Gasteiger partial charge in [-0.25, -0.2) is 0 Å². The normalized spacial score (nSPS) is 16.4. The van der Waals surface area contributed by atoms with Crippen molar-refractivity contribution in [3.63, 3.8) is 0 Å². The van der Waals surface area contributed by atoms with Crippen LogP contribution in [0.5, 0.6) is 0 Å². The number of hydrogen-bond acceptors (Lipinski definition) is 2. The summed E-state index contributed by atoms with van der Waals surface area (Å²) in [5.74, 6) is 1.98. The summed E-state index contributed by atoms with van der Waals surface area (Å²) in [6, 6.07) is 0. The maximum Gasteiger partial charge on any atom is 0.128 e. The van der Waals surface area contributed by atoms with Gasteiger partial charge in [-0.1, -0.05) is 42.2 Å². The number of nitrogens with zero attached hydrogens (tertiary/aromatic N) is 1. The molecule has 25 heavy (non-hydrogen) atoms. The molecular weight excluding hydrogens is 321 g/mol. The highest BCUT2D eigenvalue weighted by Crippen LogP contribution is 2.38. The molecule has 1 aliphatic rings. The second-order valence-electron chi connectivity index (χ2n) is 7.78. The summed E-state index contributed by atoms with van der Waals surface area (Å²) in [5, 5.41) is 0. The van der Waals surface area contributed by atoms with Gasteiger partial charge in [0.15, 0.2) is 0 Å². The van der Waals surface area contributed by atoms with Crippen LogP contribution in [-0.4, -0.2) is 24.3 Å². The highest BCUT2D eigenvalue weighted by molar-refractivity contribution is 7.97. The van der Waals surface area contributed by atoms with Crippen molar-refractivity contribution in [1.29, 1.82) is 0 Å². The van der Waals surface area contributed by atoms with E-state index in [0.717, 1.165) is 24.5 Å². The van der Waals surface area contributed by atoms with Crippen molar-refractivity contribution < 1.29 is 0 Å². The molecule has 0 aliphatic heterocycles. The first-order chi connectivity index (χ1) is 11.9. The van der Waals surface area contributed by atoms with Crippen LogP contribution < -0.4 is 0 Å². The van der Waals surface area contributed by atoms with Crippen molar-refractivity contribution in [1.82, 2.24) is 4.31 Å². The van der Waals surface area contributed by atoms with Gasteiger partial charge < -0.3 is 4.31 Å². The molecule has 0 aromatic carbocycles. The van der Waals surface area contributed by atoms with E-state index in [0.29, 0.717) is 0 Å². The zero-order chi connectivity index (χ0) is 18.8. The van der Waals surface area contributed by atoms with E-state index in [1.54, 1.807) is 16.7 Å². The van der Waals surface area contributed by atoms with E-state index in [4.69, 9.17) is 0 Å². The fourth-order valence-corrected chi connectivity index (χ4v) is 4.27. The minimum absolute atomic E-state index is 0.932. The topological polar surface area (TPSA) is 3.24 Å². The highest BCUT2D eigenvalue weighted by Gasteiger charge is 2.23. The molecule has 1 fully saturated rings. The Balaban J connectivity index is 2.38. The van der Waals surface area contributed by atoms with Crippen molar-refractivity contribution in [3.05, 3.63) is 34.6 Å². The van der Waals surface area contributed by atoms with E-state index in [1.165, 1.54) is 56.2 Å². The van der Waals surface area contributed by atoms with Gasteiger partial charge in [-0.15, -0.1) is 0 Å². The molecule has 3 heteroatoms. The maximum absolute atomic E-state index is 4.20. The molecule has 0 unspecified atom stereocenters. The Morgan fingerprint density at radius 3 is 2.16 bits per heavy atom. The summed E-state index contributed by atoms with van der Waals surface area (Å²) in [4.78, 5) is 0. The Kier molecular flexibility index (Phi) is 10.7. The lowest BCUT2D eigenvalue weighted by Crippen LogP contribution is -2.17. The van der Waals surface area contributed by atoms with Crippen LogP contribution in [0.25, 0.3) is 0 Å². The van der Waals surface area contributed by atoms with Crippen LogP contribution in [0.4, 0.5) is 0 Å². The zero-order valence-corrected chi connectivity index (χ0v) is 18.5. The third-order valence-corrected chi connectivity index (χ3v) is 6.90. The van der Waals surface area contributed by atoms with Crippen LogP contribution in [0.2, 0.25) is 0 Å². The Morgan fingerprint density at radius 2 is 1.64 bits per heavy atom. The zero-order valence-electron chi connectivity index (χ0n) is 17.7. The first-order valence-corrected chi connectivity index (χ1v) is 11.2. The van der Waals surface area contributed by atoms with Gasteiger partial charge in [0.05, 0.1) is 0 Å². The van der Waals surface area contributed by atoms with Crippen LogP contribution in [0, 0.1) is 5.92 Å². The molecular formula is C22H40BNS. The highest BCUT2D eigenvalue weighted by atomic mass is 32.2. The van der Waals surface area contributed by atoms with Gasteiger partial charge in [0.2, 0.25) is 0 Å². The van der Waals surface area contributed by atoms with Crippen LogP contribution in [0.1, 0.15) is 86.0 Å². The van der Waals surface area contributed by atoms with E-state index in [2.05, 4.69) is 53.3 Å². The Hall–Kier alpha value is -0.565. The summed E-state index contributed by atoms with van der Waals surface area (Å²) >= 11 is 1.93. The fraction of sp³-hybridized carbons (Fsp3) is 0.727. The lowest BCUT2D eigenvalue weighted by Gasteiger charge is -2.25. The summed E-state index contributed by atoms with van der Waals surface area (Å²) < 4.78 is 2.46. The second-order valence-corrected chi connectivity index (χ2v) is 8.77. The summed E-state index contributed by atoms with van der Waals surface area (Å²) in [6.45, 7) is 15.7. The van der Waals surface area contributed by atoms with Crippen molar-refractivity contribution in [2.24, 2.45) is 5.92 Å². The molecule has 142 valence electrons. The average molecular weight is 361 g/mol. The first-order valence-electron chi connectivity index (χ1n) is 10.3. The molecule has 1 nitrogen and oxygen atoms in total. The van der Waals surface area contributed by atoms with E-state index in [9.17, 15) is 0 Å². The van der Waals surface area contributed by atoms with Gasteiger partial charge >= 0.3 is 0 Å². The molecule has 0 saturated heterocycles. The summed E-state index contributed by atoms with van der Waals surface area (Å²) in [6.07, 6.45) is 11.4. The molecule has 0 atom stereocenters. The predicted octanol–water partition coefficient (Wildman–Crippen LogP) is 6.48. The Morgan fingerprint density at radius 1 is 1.04 bits per heavy atom. The van der Waals surface area contributed by atoms with E-state index >= 15 is 0 Å². The van der Waals surface area contributed by atoms with Crippen molar-refractivity contribution >= 4 is 19.8 Å². The van der Waals surface area contributed by atoms with Crippen molar-refractivity contribution in [2.45, 2.75) is 86.0 Å².